The summed E-state index contributed by atoms with van der Waals surface area (Å²) < 4.78 is 5.27. The second-order valence-electron chi connectivity index (χ2n) is 6.57. The first-order valence-electron chi connectivity index (χ1n) is 9.20. The number of methoxy groups -OCH3 is 1. The predicted molar refractivity (Wildman–Crippen MR) is 114 cm³/mol. The second-order valence-corrected chi connectivity index (χ2v) is 7.01. The molecule has 1 aromatic heterocycles. The number of halogens is 1. The molecule has 0 saturated carbocycles. The minimum Gasteiger partial charge on any atom is -0.497 e. The molecule has 1 saturated heterocycles. The first-order chi connectivity index (χ1) is 13.7. The molecule has 0 aliphatic carbocycles. The maximum absolute atomic E-state index is 6.12. The van der Waals surface area contributed by atoms with E-state index in [0.29, 0.717) is 0 Å². The van der Waals surface area contributed by atoms with Gasteiger partial charge in [-0.15, -0.1) is 0 Å². The smallest absolute Gasteiger partial charge is 0.135 e. The summed E-state index contributed by atoms with van der Waals surface area (Å²) in [5.74, 6) is 2.48. The molecular weight excluding hydrogens is 374 g/mol. The van der Waals surface area contributed by atoms with Gasteiger partial charge in [0, 0.05) is 54.7 Å². The van der Waals surface area contributed by atoms with Gasteiger partial charge in [-0.05, 0) is 30.3 Å². The second kappa shape index (κ2) is 8.35. The van der Waals surface area contributed by atoms with Gasteiger partial charge in [-0.2, -0.15) is 0 Å². The molecule has 144 valence electrons. The number of aromatic nitrogens is 2. The Balaban J connectivity index is 1.42. The number of rotatable bonds is 5. The Morgan fingerprint density at radius 2 is 1.71 bits per heavy atom. The molecule has 2 aromatic carbocycles. The summed E-state index contributed by atoms with van der Waals surface area (Å²) in [5, 5.41) is 4.08. The molecule has 0 spiro atoms. The van der Waals surface area contributed by atoms with Crippen molar-refractivity contribution in [2.75, 3.05) is 48.4 Å². The SMILES string of the molecule is COc1cccc(Nc2cc(N3CCN(c4cccc(Cl)c4)CC3)ncn2)c1. The van der Waals surface area contributed by atoms with E-state index >= 15 is 0 Å². The Kier molecular flexibility index (Phi) is 5.48. The molecule has 1 fully saturated rings. The van der Waals surface area contributed by atoms with E-state index in [0.717, 1.165) is 60.0 Å². The van der Waals surface area contributed by atoms with Crippen LogP contribution in [0.2, 0.25) is 5.02 Å². The summed E-state index contributed by atoms with van der Waals surface area (Å²) in [6.07, 6.45) is 1.60. The van der Waals surface area contributed by atoms with Gasteiger partial charge < -0.3 is 19.9 Å². The Bertz CT molecular complexity index is 943. The summed E-state index contributed by atoms with van der Waals surface area (Å²) in [6, 6.07) is 17.8. The fourth-order valence-electron chi connectivity index (χ4n) is 3.30. The Morgan fingerprint density at radius 1 is 0.929 bits per heavy atom. The van der Waals surface area contributed by atoms with Gasteiger partial charge in [-0.1, -0.05) is 23.7 Å². The molecule has 7 heteroatoms. The van der Waals surface area contributed by atoms with Gasteiger partial charge in [-0.25, -0.2) is 9.97 Å². The molecule has 0 bridgehead atoms. The van der Waals surface area contributed by atoms with Gasteiger partial charge in [0.25, 0.3) is 0 Å². The van der Waals surface area contributed by atoms with Crippen molar-refractivity contribution in [1.29, 1.82) is 0 Å². The molecule has 0 atom stereocenters. The largest absolute Gasteiger partial charge is 0.497 e. The zero-order valence-electron chi connectivity index (χ0n) is 15.7. The number of nitrogens with one attached hydrogen (secondary N) is 1. The van der Waals surface area contributed by atoms with E-state index in [4.69, 9.17) is 16.3 Å². The third-order valence-electron chi connectivity index (χ3n) is 4.77. The lowest BCUT2D eigenvalue weighted by atomic mass is 10.2. The molecule has 28 heavy (non-hydrogen) atoms. The van der Waals surface area contributed by atoms with Crippen molar-refractivity contribution in [3.05, 3.63) is 65.9 Å². The monoisotopic (exact) mass is 395 g/mol. The van der Waals surface area contributed by atoms with Crippen LogP contribution in [0, 0.1) is 0 Å². The quantitative estimate of drug-likeness (QED) is 0.698. The first kappa shape index (κ1) is 18.4. The Hall–Kier alpha value is -2.99. The van der Waals surface area contributed by atoms with Crippen molar-refractivity contribution in [2.24, 2.45) is 0 Å². The summed E-state index contributed by atoms with van der Waals surface area (Å²) in [5.41, 5.74) is 2.09. The highest BCUT2D eigenvalue weighted by molar-refractivity contribution is 6.30. The number of nitrogens with zero attached hydrogens (tertiary/aromatic N) is 4. The fraction of sp³-hybridized carbons (Fsp3) is 0.238. The van der Waals surface area contributed by atoms with Crippen molar-refractivity contribution in [1.82, 2.24) is 9.97 Å². The fourth-order valence-corrected chi connectivity index (χ4v) is 3.49. The number of ether oxygens (including phenoxy) is 1. The highest BCUT2D eigenvalue weighted by Gasteiger charge is 2.19. The average molecular weight is 396 g/mol. The van der Waals surface area contributed by atoms with Crippen LogP contribution in [0.4, 0.5) is 23.0 Å². The highest BCUT2D eigenvalue weighted by Crippen LogP contribution is 2.24. The summed E-state index contributed by atoms with van der Waals surface area (Å²) in [7, 11) is 1.66. The minimum absolute atomic E-state index is 0.760. The van der Waals surface area contributed by atoms with Crippen LogP contribution in [-0.2, 0) is 0 Å². The average Bonchev–Trinajstić information content (AvgIpc) is 2.74. The highest BCUT2D eigenvalue weighted by atomic mass is 35.5. The van der Waals surface area contributed by atoms with Crippen molar-refractivity contribution < 1.29 is 4.74 Å². The van der Waals surface area contributed by atoms with Crippen molar-refractivity contribution in [2.45, 2.75) is 0 Å². The normalized spacial score (nSPS) is 14.1. The van der Waals surface area contributed by atoms with Gasteiger partial charge in [0.1, 0.15) is 23.7 Å². The van der Waals surface area contributed by atoms with E-state index in [1.807, 2.05) is 48.5 Å². The van der Waals surface area contributed by atoms with E-state index in [1.54, 1.807) is 13.4 Å². The molecule has 3 aromatic rings. The van der Waals surface area contributed by atoms with Gasteiger partial charge in [0.15, 0.2) is 0 Å². The molecule has 1 N–H and O–H groups in total. The van der Waals surface area contributed by atoms with Crippen molar-refractivity contribution in [3.8, 4) is 5.75 Å². The predicted octanol–water partition coefficient (Wildman–Crippen LogP) is 4.21. The van der Waals surface area contributed by atoms with Crippen LogP contribution in [0.15, 0.2) is 60.9 Å². The van der Waals surface area contributed by atoms with Gasteiger partial charge in [-0.3, -0.25) is 0 Å². The number of anilines is 4. The molecule has 1 aliphatic rings. The number of piperazine rings is 1. The molecule has 0 unspecified atom stereocenters. The van der Waals surface area contributed by atoms with Crippen LogP contribution >= 0.6 is 11.6 Å². The molecular formula is C21H22ClN5O. The number of hydrogen-bond acceptors (Lipinski definition) is 6. The third kappa shape index (κ3) is 4.28. The maximum atomic E-state index is 6.12. The standard InChI is InChI=1S/C21H22ClN5O/c1-28-19-7-3-5-17(13-19)25-20-14-21(24-15-23-20)27-10-8-26(9-11-27)18-6-2-4-16(22)12-18/h2-7,12-15H,8-11H2,1H3,(H,23,24,25). The molecule has 0 radical (unpaired) electrons. The Labute approximate surface area is 169 Å². The van der Waals surface area contributed by atoms with Crippen molar-refractivity contribution in [3.63, 3.8) is 0 Å². The van der Waals surface area contributed by atoms with Crippen molar-refractivity contribution >= 4 is 34.6 Å². The minimum atomic E-state index is 0.760. The van der Waals surface area contributed by atoms with Crippen LogP contribution < -0.4 is 19.9 Å². The molecule has 6 nitrogen and oxygen atoms in total. The summed E-state index contributed by atoms with van der Waals surface area (Å²) in [4.78, 5) is 13.4. The van der Waals surface area contributed by atoms with Crippen LogP contribution in [0.5, 0.6) is 5.75 Å². The van der Waals surface area contributed by atoms with Gasteiger partial charge >= 0.3 is 0 Å². The number of benzene rings is 2. The van der Waals surface area contributed by atoms with E-state index in [2.05, 4.69) is 31.2 Å². The van der Waals surface area contributed by atoms with Crippen LogP contribution in [-0.4, -0.2) is 43.3 Å². The van der Waals surface area contributed by atoms with Crippen LogP contribution in [0.25, 0.3) is 0 Å². The third-order valence-corrected chi connectivity index (χ3v) is 5.01. The zero-order valence-corrected chi connectivity index (χ0v) is 16.4. The maximum Gasteiger partial charge on any atom is 0.135 e. The molecule has 1 aliphatic heterocycles. The van der Waals surface area contributed by atoms with Gasteiger partial charge in [0.2, 0.25) is 0 Å². The van der Waals surface area contributed by atoms with E-state index in [-0.39, 0.29) is 0 Å². The van der Waals surface area contributed by atoms with Crippen LogP contribution in [0.1, 0.15) is 0 Å². The van der Waals surface area contributed by atoms with E-state index in [1.165, 1.54) is 0 Å². The van der Waals surface area contributed by atoms with Gasteiger partial charge in [0.05, 0.1) is 7.11 Å². The lowest BCUT2D eigenvalue weighted by Gasteiger charge is -2.36. The number of hydrogen-bond donors (Lipinski definition) is 1. The molecule has 0 amide bonds. The zero-order chi connectivity index (χ0) is 19.3. The lowest BCUT2D eigenvalue weighted by molar-refractivity contribution is 0.415. The lowest BCUT2D eigenvalue weighted by Crippen LogP contribution is -2.46. The first-order valence-corrected chi connectivity index (χ1v) is 9.58. The summed E-state index contributed by atoms with van der Waals surface area (Å²) >= 11 is 6.12. The molecule has 4 rings (SSSR count). The molecule has 2 heterocycles. The topological polar surface area (TPSA) is 53.5 Å². The Morgan fingerprint density at radius 3 is 2.50 bits per heavy atom. The summed E-state index contributed by atoms with van der Waals surface area (Å²) in [6.45, 7) is 3.62. The van der Waals surface area contributed by atoms with E-state index < -0.39 is 0 Å². The van der Waals surface area contributed by atoms with Crippen LogP contribution in [0.3, 0.4) is 0 Å². The van der Waals surface area contributed by atoms with E-state index in [9.17, 15) is 0 Å².